The van der Waals surface area contributed by atoms with Crippen LogP contribution < -0.4 is 0 Å². The molecule has 0 N–H and O–H groups in total. The first-order valence-electron chi connectivity index (χ1n) is 17.3. The molecule has 0 aliphatic carbocycles. The molecule has 0 saturated carbocycles. The Hall–Kier alpha value is -7.74. The highest BCUT2D eigenvalue weighted by atomic mass is 15.4. The van der Waals surface area contributed by atoms with E-state index in [1.54, 1.807) is 12.1 Å². The van der Waals surface area contributed by atoms with Gasteiger partial charge in [-0.25, -0.2) is 9.53 Å². The zero-order valence-corrected chi connectivity index (χ0v) is 28.2. The van der Waals surface area contributed by atoms with Gasteiger partial charge >= 0.3 is 0 Å². The second-order valence-corrected chi connectivity index (χ2v) is 13.0. The summed E-state index contributed by atoms with van der Waals surface area (Å²) in [4.78, 5) is 3.59. The molecule has 0 aliphatic rings. The quantitative estimate of drug-likeness (QED) is 0.170. The van der Waals surface area contributed by atoms with Crippen molar-refractivity contribution in [3.05, 3.63) is 181 Å². The van der Waals surface area contributed by atoms with E-state index in [0.29, 0.717) is 16.9 Å². The van der Waals surface area contributed by atoms with Gasteiger partial charge in [0.15, 0.2) is 5.69 Å². The topological polar surface area (TPSA) is 68.7 Å². The van der Waals surface area contributed by atoms with Crippen LogP contribution in [0.2, 0.25) is 0 Å². The molecule has 246 valence electrons. The fourth-order valence-corrected chi connectivity index (χ4v) is 7.66. The summed E-state index contributed by atoms with van der Waals surface area (Å²) in [7, 11) is 0. The van der Waals surface area contributed by atoms with E-state index in [1.807, 2.05) is 41.1 Å². The summed E-state index contributed by atoms with van der Waals surface area (Å²) in [6.07, 6.45) is 0. The zero-order valence-electron chi connectivity index (χ0n) is 28.2. The third kappa shape index (κ3) is 4.73. The minimum Gasteiger partial charge on any atom is -0.309 e. The maximum Gasteiger partial charge on any atom is 0.187 e. The van der Waals surface area contributed by atoms with Crippen LogP contribution in [0.25, 0.3) is 88.0 Å². The van der Waals surface area contributed by atoms with Crippen molar-refractivity contribution in [2.24, 2.45) is 0 Å². The maximum atomic E-state index is 9.39. The first kappa shape index (κ1) is 30.1. The number of aromatic nitrogens is 5. The van der Waals surface area contributed by atoms with Crippen molar-refractivity contribution < 1.29 is 0 Å². The first-order valence-corrected chi connectivity index (χ1v) is 17.3. The normalized spacial score (nSPS) is 11.4. The molecule has 0 spiro atoms. The van der Waals surface area contributed by atoms with Gasteiger partial charge in [0, 0.05) is 44.0 Å². The van der Waals surface area contributed by atoms with Crippen LogP contribution in [0.15, 0.2) is 164 Å². The van der Waals surface area contributed by atoms with Crippen molar-refractivity contribution in [2.45, 2.75) is 0 Å². The lowest BCUT2D eigenvalue weighted by atomic mass is 10.0. The van der Waals surface area contributed by atoms with E-state index in [2.05, 4.69) is 140 Å². The second-order valence-electron chi connectivity index (χ2n) is 13.0. The van der Waals surface area contributed by atoms with E-state index < -0.39 is 0 Å². The molecule has 7 nitrogen and oxygen atoms in total. The zero-order chi connectivity index (χ0) is 35.5. The number of hydrogen-bond acceptors (Lipinski definition) is 3. The average molecular weight is 678 g/mol. The number of fused-ring (bicyclic) bond motifs is 6. The van der Waals surface area contributed by atoms with Gasteiger partial charge in [-0.05, 0) is 66.7 Å². The van der Waals surface area contributed by atoms with Crippen molar-refractivity contribution in [2.75, 3.05) is 0 Å². The monoisotopic (exact) mass is 677 g/mol. The lowest BCUT2D eigenvalue weighted by molar-refractivity contribution is 0.809. The highest BCUT2D eigenvalue weighted by molar-refractivity contribution is 6.11. The van der Waals surface area contributed by atoms with Crippen LogP contribution in [0.1, 0.15) is 5.56 Å². The van der Waals surface area contributed by atoms with Gasteiger partial charge in [-0.15, -0.1) is 5.10 Å². The summed E-state index contributed by atoms with van der Waals surface area (Å²) in [5, 5.41) is 23.4. The van der Waals surface area contributed by atoms with Crippen LogP contribution in [0.4, 0.5) is 5.69 Å². The summed E-state index contributed by atoms with van der Waals surface area (Å²) in [6.45, 7) is 7.47. The van der Waals surface area contributed by atoms with Crippen LogP contribution in [0, 0.1) is 17.9 Å². The number of nitrogens with zero attached hydrogens (tertiary/aromatic N) is 7. The summed E-state index contributed by atoms with van der Waals surface area (Å²) < 4.78 is 6.55. The molecule has 0 atom stereocenters. The standard InChI is InChI=1S/C46H27N7/c1-48-33-23-21-32(22-24-33)46-45(31-19-17-30(29-47)18-20-31)49-50-53(46)36-25-26-44-40(28-36)39-13-4-7-16-43(39)52(44)35-10-8-9-34(27-35)51-41-14-5-2-11-37(41)38-12-3-6-15-42(38)51/h2-28H. The Morgan fingerprint density at radius 2 is 1.06 bits per heavy atom. The SMILES string of the molecule is [C-]#[N+]c1ccc(-c2c(-c3ccc(C#N)cc3)nnn2-c2ccc3c(c2)c2ccccc2n3-c2cccc(-n3c4ccccc4c4ccccc43)c2)cc1. The largest absolute Gasteiger partial charge is 0.309 e. The molecule has 0 fully saturated rings. The highest BCUT2D eigenvalue weighted by Gasteiger charge is 2.21. The molecule has 10 rings (SSSR count). The number of nitriles is 1. The Bertz CT molecular complexity index is 3070. The molecule has 53 heavy (non-hydrogen) atoms. The molecule has 7 heteroatoms. The minimum atomic E-state index is 0.559. The number of rotatable bonds is 5. The third-order valence-electron chi connectivity index (χ3n) is 10.1. The van der Waals surface area contributed by atoms with E-state index in [4.69, 9.17) is 11.8 Å². The molecule has 3 heterocycles. The van der Waals surface area contributed by atoms with Crippen LogP contribution in [0.5, 0.6) is 0 Å². The van der Waals surface area contributed by atoms with Crippen LogP contribution in [-0.2, 0) is 0 Å². The Balaban J connectivity index is 1.16. The highest BCUT2D eigenvalue weighted by Crippen LogP contribution is 2.38. The van der Waals surface area contributed by atoms with Crippen molar-refractivity contribution in [3.8, 4) is 45.6 Å². The molecular weight excluding hydrogens is 651 g/mol. The number of benzene rings is 7. The Labute approximate surface area is 304 Å². The second kappa shape index (κ2) is 11.9. The summed E-state index contributed by atoms with van der Waals surface area (Å²) in [6, 6.07) is 57.9. The molecule has 0 amide bonds. The number of para-hydroxylation sites is 3. The van der Waals surface area contributed by atoms with Gasteiger partial charge in [0.05, 0.1) is 46.0 Å². The fourth-order valence-electron chi connectivity index (χ4n) is 7.66. The van der Waals surface area contributed by atoms with Gasteiger partial charge in [-0.2, -0.15) is 5.26 Å². The van der Waals surface area contributed by atoms with Crippen LogP contribution in [0.3, 0.4) is 0 Å². The van der Waals surface area contributed by atoms with Gasteiger partial charge in [0.1, 0.15) is 11.4 Å². The first-order chi connectivity index (χ1) is 26.2. The van der Waals surface area contributed by atoms with Gasteiger partial charge in [-0.1, -0.05) is 102 Å². The predicted molar refractivity (Wildman–Crippen MR) is 212 cm³/mol. The molecule has 10 aromatic rings. The van der Waals surface area contributed by atoms with Crippen molar-refractivity contribution in [1.82, 2.24) is 24.1 Å². The molecule has 0 radical (unpaired) electrons. The van der Waals surface area contributed by atoms with E-state index in [-0.39, 0.29) is 0 Å². The number of hydrogen-bond donors (Lipinski definition) is 0. The summed E-state index contributed by atoms with van der Waals surface area (Å²) in [5.74, 6) is 0. The van der Waals surface area contributed by atoms with Gasteiger partial charge < -0.3 is 9.13 Å². The average Bonchev–Trinajstić information content (AvgIpc) is 3.91. The van der Waals surface area contributed by atoms with Crippen molar-refractivity contribution in [3.63, 3.8) is 0 Å². The molecular formula is C46H27N7. The summed E-state index contributed by atoms with van der Waals surface area (Å²) >= 11 is 0. The van der Waals surface area contributed by atoms with E-state index >= 15 is 0 Å². The predicted octanol–water partition coefficient (Wildman–Crippen LogP) is 11.2. The fraction of sp³-hybridized carbons (Fsp3) is 0. The lowest BCUT2D eigenvalue weighted by Gasteiger charge is -2.13. The molecule has 0 bridgehead atoms. The smallest absolute Gasteiger partial charge is 0.187 e. The van der Waals surface area contributed by atoms with E-state index in [0.717, 1.165) is 55.7 Å². The maximum absolute atomic E-state index is 9.39. The van der Waals surface area contributed by atoms with Gasteiger partial charge in [0.25, 0.3) is 0 Å². The molecule has 7 aromatic carbocycles. The minimum absolute atomic E-state index is 0.559. The molecule has 0 saturated heterocycles. The van der Waals surface area contributed by atoms with E-state index in [9.17, 15) is 5.26 Å². The Morgan fingerprint density at radius 1 is 0.509 bits per heavy atom. The molecule has 0 aliphatic heterocycles. The van der Waals surface area contributed by atoms with Crippen molar-refractivity contribution >= 4 is 49.3 Å². The van der Waals surface area contributed by atoms with Crippen LogP contribution >= 0.6 is 0 Å². The summed E-state index contributed by atoms with van der Waals surface area (Å²) in [5.41, 5.74) is 11.9. The van der Waals surface area contributed by atoms with Crippen LogP contribution in [-0.4, -0.2) is 24.1 Å². The van der Waals surface area contributed by atoms with Crippen molar-refractivity contribution in [1.29, 1.82) is 5.26 Å². The Kier molecular flexibility index (Phi) is 6.79. The molecule has 0 unspecified atom stereocenters. The molecule has 3 aromatic heterocycles. The van der Waals surface area contributed by atoms with Gasteiger partial charge in [0.2, 0.25) is 0 Å². The lowest BCUT2D eigenvalue weighted by Crippen LogP contribution is -2.00. The Morgan fingerprint density at radius 3 is 1.64 bits per heavy atom. The van der Waals surface area contributed by atoms with E-state index in [1.165, 1.54) is 21.8 Å². The van der Waals surface area contributed by atoms with Gasteiger partial charge in [-0.3, -0.25) is 0 Å². The third-order valence-corrected chi connectivity index (χ3v) is 10.1.